The number of rotatable bonds is 0. The minimum Gasteiger partial charge on any atom is -0.0622 e. The maximum Gasteiger partial charge on any atom is -0.0334 e. The molecular formula is C10H18. The largest absolute Gasteiger partial charge is 0.0622 e. The van der Waals surface area contributed by atoms with Crippen molar-refractivity contribution >= 4 is 0 Å². The lowest BCUT2D eigenvalue weighted by molar-refractivity contribution is 0.302. The Labute approximate surface area is 64.0 Å². The van der Waals surface area contributed by atoms with Gasteiger partial charge in [-0.15, -0.1) is 0 Å². The van der Waals surface area contributed by atoms with Crippen molar-refractivity contribution in [2.24, 2.45) is 23.7 Å². The Morgan fingerprint density at radius 3 is 1.70 bits per heavy atom. The van der Waals surface area contributed by atoms with Crippen molar-refractivity contribution in [2.45, 2.75) is 39.5 Å². The van der Waals surface area contributed by atoms with Gasteiger partial charge in [-0.05, 0) is 36.5 Å². The molecule has 0 aromatic heterocycles. The van der Waals surface area contributed by atoms with E-state index < -0.39 is 0 Å². The van der Waals surface area contributed by atoms with E-state index in [1.54, 1.807) is 0 Å². The standard InChI is InChI=1S/C10H18/c1-7-3-5-9-6-4-8(2)10(7)9/h7-10H,3-6H2,1-2H3/t7-,8?,9?,10?/m1/s1. The number of hydrogen-bond acceptors (Lipinski definition) is 0. The summed E-state index contributed by atoms with van der Waals surface area (Å²) < 4.78 is 0. The molecule has 3 unspecified atom stereocenters. The van der Waals surface area contributed by atoms with E-state index in [2.05, 4.69) is 13.8 Å². The SMILES string of the molecule is CC1CCC2CC[C@@H](C)C12. The Morgan fingerprint density at radius 1 is 0.800 bits per heavy atom. The maximum atomic E-state index is 2.45. The number of hydrogen-bond donors (Lipinski definition) is 0. The van der Waals surface area contributed by atoms with Gasteiger partial charge >= 0.3 is 0 Å². The van der Waals surface area contributed by atoms with Crippen molar-refractivity contribution in [3.05, 3.63) is 0 Å². The summed E-state index contributed by atoms with van der Waals surface area (Å²) in [6, 6.07) is 0. The van der Waals surface area contributed by atoms with Crippen molar-refractivity contribution in [2.75, 3.05) is 0 Å². The zero-order chi connectivity index (χ0) is 7.14. The lowest BCUT2D eigenvalue weighted by atomic mass is 9.87. The average molecular weight is 138 g/mol. The monoisotopic (exact) mass is 138 g/mol. The molecule has 2 aliphatic carbocycles. The molecule has 2 aliphatic rings. The normalized spacial score (nSPS) is 53.4. The highest BCUT2D eigenvalue weighted by molar-refractivity contribution is 4.90. The minimum atomic E-state index is 1.04. The van der Waals surface area contributed by atoms with Gasteiger partial charge in [-0.25, -0.2) is 0 Å². The van der Waals surface area contributed by atoms with E-state index in [4.69, 9.17) is 0 Å². The predicted octanol–water partition coefficient (Wildman–Crippen LogP) is 3.08. The summed E-state index contributed by atoms with van der Waals surface area (Å²) in [6.45, 7) is 4.90. The first-order chi connectivity index (χ1) is 4.79. The van der Waals surface area contributed by atoms with Crippen LogP contribution in [-0.4, -0.2) is 0 Å². The average Bonchev–Trinajstić information content (AvgIpc) is 2.40. The second-order valence-corrected chi connectivity index (χ2v) is 4.45. The molecule has 0 saturated heterocycles. The maximum absolute atomic E-state index is 2.45. The van der Waals surface area contributed by atoms with Crippen LogP contribution in [0, 0.1) is 23.7 Å². The van der Waals surface area contributed by atoms with Crippen LogP contribution >= 0.6 is 0 Å². The fourth-order valence-electron chi connectivity index (χ4n) is 3.36. The van der Waals surface area contributed by atoms with Gasteiger partial charge in [-0.2, -0.15) is 0 Å². The topological polar surface area (TPSA) is 0 Å². The molecule has 4 atom stereocenters. The van der Waals surface area contributed by atoms with Crippen LogP contribution in [-0.2, 0) is 0 Å². The zero-order valence-corrected chi connectivity index (χ0v) is 7.14. The second kappa shape index (κ2) is 2.25. The van der Waals surface area contributed by atoms with Crippen LogP contribution in [0.15, 0.2) is 0 Å². The molecular weight excluding hydrogens is 120 g/mol. The Bertz CT molecular complexity index is 114. The molecule has 0 amide bonds. The van der Waals surface area contributed by atoms with E-state index in [0.29, 0.717) is 0 Å². The van der Waals surface area contributed by atoms with Crippen LogP contribution in [0.3, 0.4) is 0 Å². The first-order valence-corrected chi connectivity index (χ1v) is 4.79. The summed E-state index contributed by atoms with van der Waals surface area (Å²) in [5.74, 6) is 4.33. The molecule has 0 aromatic rings. The molecule has 0 aromatic carbocycles. The molecule has 10 heavy (non-hydrogen) atoms. The summed E-state index contributed by atoms with van der Waals surface area (Å²) in [6.07, 6.45) is 6.10. The number of fused-ring (bicyclic) bond motifs is 1. The first-order valence-electron chi connectivity index (χ1n) is 4.79. The van der Waals surface area contributed by atoms with E-state index in [-0.39, 0.29) is 0 Å². The highest BCUT2D eigenvalue weighted by atomic mass is 14.5. The van der Waals surface area contributed by atoms with Gasteiger partial charge in [0.2, 0.25) is 0 Å². The first kappa shape index (κ1) is 6.69. The molecule has 0 N–H and O–H groups in total. The lowest BCUT2D eigenvalue weighted by Gasteiger charge is -2.18. The highest BCUT2D eigenvalue weighted by Gasteiger charge is 2.40. The van der Waals surface area contributed by atoms with Gasteiger partial charge < -0.3 is 0 Å². The fraction of sp³-hybridized carbons (Fsp3) is 1.00. The van der Waals surface area contributed by atoms with Crippen molar-refractivity contribution in [1.82, 2.24) is 0 Å². The van der Waals surface area contributed by atoms with E-state index in [1.807, 2.05) is 0 Å². The molecule has 58 valence electrons. The molecule has 0 heterocycles. The van der Waals surface area contributed by atoms with Gasteiger partial charge in [-0.3, -0.25) is 0 Å². The lowest BCUT2D eigenvalue weighted by Crippen LogP contribution is -2.12. The smallest absolute Gasteiger partial charge is 0.0334 e. The summed E-state index contributed by atoms with van der Waals surface area (Å²) in [5.41, 5.74) is 0. The predicted molar refractivity (Wildman–Crippen MR) is 43.8 cm³/mol. The molecule has 2 rings (SSSR count). The molecule has 0 aliphatic heterocycles. The third-order valence-corrected chi connectivity index (χ3v) is 3.84. The highest BCUT2D eigenvalue weighted by Crippen LogP contribution is 2.50. The third kappa shape index (κ3) is 0.810. The van der Waals surface area contributed by atoms with Crippen LogP contribution in [0.5, 0.6) is 0 Å². The van der Waals surface area contributed by atoms with Crippen LogP contribution in [0.25, 0.3) is 0 Å². The zero-order valence-electron chi connectivity index (χ0n) is 7.14. The van der Waals surface area contributed by atoms with Gasteiger partial charge in [0.1, 0.15) is 0 Å². The third-order valence-electron chi connectivity index (χ3n) is 3.84. The molecule has 0 spiro atoms. The van der Waals surface area contributed by atoms with Gasteiger partial charge in [0.25, 0.3) is 0 Å². The van der Waals surface area contributed by atoms with Crippen molar-refractivity contribution in [3.8, 4) is 0 Å². The molecule has 0 heteroatoms. The van der Waals surface area contributed by atoms with Gasteiger partial charge in [-0.1, -0.05) is 26.7 Å². The van der Waals surface area contributed by atoms with Crippen LogP contribution in [0.2, 0.25) is 0 Å². The van der Waals surface area contributed by atoms with E-state index in [0.717, 1.165) is 23.7 Å². The van der Waals surface area contributed by atoms with E-state index in [9.17, 15) is 0 Å². The molecule has 0 radical (unpaired) electrons. The van der Waals surface area contributed by atoms with E-state index >= 15 is 0 Å². The Hall–Kier alpha value is 0. The fourth-order valence-corrected chi connectivity index (χ4v) is 3.36. The van der Waals surface area contributed by atoms with Gasteiger partial charge in [0.05, 0.1) is 0 Å². The van der Waals surface area contributed by atoms with E-state index in [1.165, 1.54) is 25.7 Å². The summed E-state index contributed by atoms with van der Waals surface area (Å²) in [5, 5.41) is 0. The van der Waals surface area contributed by atoms with Crippen molar-refractivity contribution in [3.63, 3.8) is 0 Å². The summed E-state index contributed by atoms with van der Waals surface area (Å²) in [4.78, 5) is 0. The molecule has 0 nitrogen and oxygen atoms in total. The van der Waals surface area contributed by atoms with Crippen LogP contribution in [0.4, 0.5) is 0 Å². The van der Waals surface area contributed by atoms with Gasteiger partial charge in [0, 0.05) is 0 Å². The Morgan fingerprint density at radius 2 is 1.30 bits per heavy atom. The minimum absolute atomic E-state index is 1.04. The van der Waals surface area contributed by atoms with Crippen LogP contribution < -0.4 is 0 Å². The second-order valence-electron chi connectivity index (χ2n) is 4.45. The molecule has 0 bridgehead atoms. The Kier molecular flexibility index (Phi) is 1.51. The summed E-state index contributed by atoms with van der Waals surface area (Å²) in [7, 11) is 0. The Balaban J connectivity index is 2.11. The van der Waals surface area contributed by atoms with Crippen molar-refractivity contribution in [1.29, 1.82) is 0 Å². The summed E-state index contributed by atoms with van der Waals surface area (Å²) >= 11 is 0. The van der Waals surface area contributed by atoms with Gasteiger partial charge in [0.15, 0.2) is 0 Å². The quantitative estimate of drug-likeness (QED) is 0.482. The molecule has 2 saturated carbocycles. The van der Waals surface area contributed by atoms with Crippen LogP contribution in [0.1, 0.15) is 39.5 Å². The molecule has 2 fully saturated rings. The van der Waals surface area contributed by atoms with Crippen molar-refractivity contribution < 1.29 is 0 Å².